The van der Waals surface area contributed by atoms with E-state index >= 15 is 0 Å². The SMILES string of the molecule is O=C(c1ccc(Br)cc1Cl)N(CCBr)Cc1ccccc1. The average molecular weight is 432 g/mol. The van der Waals surface area contributed by atoms with Crippen LogP contribution < -0.4 is 0 Å². The second-order valence-electron chi connectivity index (χ2n) is 4.53. The van der Waals surface area contributed by atoms with Crippen molar-refractivity contribution < 1.29 is 4.79 Å². The van der Waals surface area contributed by atoms with Crippen LogP contribution in [0.25, 0.3) is 0 Å². The third-order valence-electron chi connectivity index (χ3n) is 3.02. The summed E-state index contributed by atoms with van der Waals surface area (Å²) in [4.78, 5) is 14.5. The van der Waals surface area contributed by atoms with E-state index in [-0.39, 0.29) is 5.91 Å². The van der Waals surface area contributed by atoms with Crippen molar-refractivity contribution in [1.82, 2.24) is 4.90 Å². The number of carbonyl (C=O) groups is 1. The van der Waals surface area contributed by atoms with Gasteiger partial charge in [-0.1, -0.05) is 73.8 Å². The van der Waals surface area contributed by atoms with Crippen LogP contribution >= 0.6 is 43.5 Å². The summed E-state index contributed by atoms with van der Waals surface area (Å²) in [5.41, 5.74) is 1.62. The molecule has 2 aromatic rings. The monoisotopic (exact) mass is 429 g/mol. The Kier molecular flexibility index (Phi) is 6.27. The molecule has 0 aliphatic heterocycles. The number of rotatable bonds is 5. The lowest BCUT2D eigenvalue weighted by molar-refractivity contribution is 0.0755. The minimum Gasteiger partial charge on any atom is -0.333 e. The summed E-state index contributed by atoms with van der Waals surface area (Å²) in [6, 6.07) is 15.2. The lowest BCUT2D eigenvalue weighted by Crippen LogP contribution is -2.32. The smallest absolute Gasteiger partial charge is 0.255 e. The quantitative estimate of drug-likeness (QED) is 0.601. The molecule has 0 radical (unpaired) electrons. The van der Waals surface area contributed by atoms with Crippen LogP contribution in [0.15, 0.2) is 53.0 Å². The van der Waals surface area contributed by atoms with Gasteiger partial charge in [0.15, 0.2) is 0 Å². The largest absolute Gasteiger partial charge is 0.333 e. The third kappa shape index (κ3) is 4.56. The summed E-state index contributed by atoms with van der Waals surface area (Å²) < 4.78 is 0.860. The number of amides is 1. The highest BCUT2D eigenvalue weighted by Crippen LogP contribution is 2.23. The predicted octanol–water partition coefficient (Wildman–Crippen LogP) is 5.14. The van der Waals surface area contributed by atoms with Gasteiger partial charge in [-0.3, -0.25) is 4.79 Å². The molecular formula is C16H14Br2ClNO. The summed E-state index contributed by atoms with van der Waals surface area (Å²) >= 11 is 12.9. The Bertz CT molecular complexity index is 619. The zero-order valence-corrected chi connectivity index (χ0v) is 15.2. The van der Waals surface area contributed by atoms with Crippen molar-refractivity contribution in [1.29, 1.82) is 0 Å². The van der Waals surface area contributed by atoms with Gasteiger partial charge in [0.1, 0.15) is 0 Å². The van der Waals surface area contributed by atoms with Crippen molar-refractivity contribution in [2.75, 3.05) is 11.9 Å². The van der Waals surface area contributed by atoms with Gasteiger partial charge >= 0.3 is 0 Å². The summed E-state index contributed by atoms with van der Waals surface area (Å²) in [5, 5.41) is 1.18. The zero-order chi connectivity index (χ0) is 15.2. The highest BCUT2D eigenvalue weighted by Gasteiger charge is 2.18. The molecule has 5 heteroatoms. The summed E-state index contributed by atoms with van der Waals surface area (Å²) in [7, 11) is 0. The first kappa shape index (κ1) is 16.5. The zero-order valence-electron chi connectivity index (χ0n) is 11.2. The lowest BCUT2D eigenvalue weighted by Gasteiger charge is -2.22. The maximum absolute atomic E-state index is 12.7. The molecule has 2 rings (SSSR count). The van der Waals surface area contributed by atoms with E-state index in [0.29, 0.717) is 23.7 Å². The third-order valence-corrected chi connectivity index (χ3v) is 4.18. The van der Waals surface area contributed by atoms with Crippen LogP contribution in [0.4, 0.5) is 0 Å². The fourth-order valence-corrected chi connectivity index (χ4v) is 3.17. The van der Waals surface area contributed by atoms with Crippen LogP contribution in [0.3, 0.4) is 0 Å². The first-order chi connectivity index (χ1) is 10.1. The van der Waals surface area contributed by atoms with Crippen molar-refractivity contribution >= 4 is 49.4 Å². The Labute approximate surface area is 146 Å². The van der Waals surface area contributed by atoms with Crippen LogP contribution in [0.5, 0.6) is 0 Å². The van der Waals surface area contributed by atoms with E-state index in [4.69, 9.17) is 11.6 Å². The summed E-state index contributed by atoms with van der Waals surface area (Å²) in [6.45, 7) is 1.19. The number of halogens is 3. The Morgan fingerprint density at radius 2 is 1.86 bits per heavy atom. The summed E-state index contributed by atoms with van der Waals surface area (Å²) in [6.07, 6.45) is 0. The normalized spacial score (nSPS) is 10.4. The molecule has 0 aromatic heterocycles. The Balaban J connectivity index is 2.23. The maximum atomic E-state index is 12.7. The van der Waals surface area contributed by atoms with E-state index in [1.54, 1.807) is 17.0 Å². The molecule has 2 nitrogen and oxygen atoms in total. The summed E-state index contributed by atoms with van der Waals surface area (Å²) in [5.74, 6) is -0.0594. The highest BCUT2D eigenvalue weighted by molar-refractivity contribution is 9.10. The van der Waals surface area contributed by atoms with Crippen molar-refractivity contribution in [3.05, 3.63) is 69.2 Å². The number of hydrogen-bond acceptors (Lipinski definition) is 1. The van der Waals surface area contributed by atoms with E-state index in [2.05, 4.69) is 31.9 Å². The Hall–Kier alpha value is -0.840. The molecule has 0 spiro atoms. The van der Waals surface area contributed by atoms with Crippen LogP contribution in [0, 0.1) is 0 Å². The van der Waals surface area contributed by atoms with Crippen molar-refractivity contribution in [3.8, 4) is 0 Å². The fraction of sp³-hybridized carbons (Fsp3) is 0.188. The van der Waals surface area contributed by atoms with E-state index in [1.807, 2.05) is 36.4 Å². The van der Waals surface area contributed by atoms with Gasteiger partial charge in [-0.05, 0) is 23.8 Å². The molecule has 21 heavy (non-hydrogen) atoms. The van der Waals surface area contributed by atoms with E-state index in [0.717, 1.165) is 15.4 Å². The van der Waals surface area contributed by atoms with Gasteiger partial charge in [-0.25, -0.2) is 0 Å². The molecule has 0 unspecified atom stereocenters. The van der Waals surface area contributed by atoms with Gasteiger partial charge in [0.05, 0.1) is 10.6 Å². The molecule has 110 valence electrons. The minimum absolute atomic E-state index is 0.0594. The molecular weight excluding hydrogens is 417 g/mol. The second kappa shape index (κ2) is 7.97. The van der Waals surface area contributed by atoms with Gasteiger partial charge in [0.2, 0.25) is 0 Å². The van der Waals surface area contributed by atoms with Gasteiger partial charge < -0.3 is 4.90 Å². The Morgan fingerprint density at radius 1 is 1.14 bits per heavy atom. The topological polar surface area (TPSA) is 20.3 Å². The standard InChI is InChI=1S/C16H14Br2ClNO/c17-8-9-20(11-12-4-2-1-3-5-12)16(21)14-7-6-13(18)10-15(14)19/h1-7,10H,8-9,11H2. The number of nitrogens with zero attached hydrogens (tertiary/aromatic N) is 1. The average Bonchev–Trinajstić information content (AvgIpc) is 2.47. The van der Waals surface area contributed by atoms with Gasteiger partial charge in [-0.2, -0.15) is 0 Å². The molecule has 2 aromatic carbocycles. The highest BCUT2D eigenvalue weighted by atomic mass is 79.9. The molecule has 0 fully saturated rings. The number of benzene rings is 2. The predicted molar refractivity (Wildman–Crippen MR) is 94.1 cm³/mol. The first-order valence-corrected chi connectivity index (χ1v) is 8.75. The molecule has 0 atom stereocenters. The van der Waals surface area contributed by atoms with Crippen LogP contribution in [-0.2, 0) is 6.54 Å². The van der Waals surface area contributed by atoms with Gasteiger partial charge in [0.25, 0.3) is 5.91 Å². The lowest BCUT2D eigenvalue weighted by atomic mass is 10.1. The Morgan fingerprint density at radius 3 is 2.48 bits per heavy atom. The molecule has 0 aliphatic rings. The number of hydrogen-bond donors (Lipinski definition) is 0. The number of alkyl halides is 1. The molecule has 1 amide bonds. The van der Waals surface area contributed by atoms with Crippen molar-refractivity contribution in [2.45, 2.75) is 6.54 Å². The molecule has 0 saturated carbocycles. The molecule has 0 bridgehead atoms. The molecule has 0 N–H and O–H groups in total. The van der Waals surface area contributed by atoms with Gasteiger partial charge in [0, 0.05) is 22.9 Å². The van der Waals surface area contributed by atoms with Crippen LogP contribution in [0.2, 0.25) is 5.02 Å². The van der Waals surface area contributed by atoms with E-state index in [1.165, 1.54) is 0 Å². The number of carbonyl (C=O) groups excluding carboxylic acids is 1. The molecule has 0 heterocycles. The first-order valence-electron chi connectivity index (χ1n) is 6.46. The van der Waals surface area contributed by atoms with E-state index < -0.39 is 0 Å². The fourth-order valence-electron chi connectivity index (χ4n) is 1.99. The van der Waals surface area contributed by atoms with E-state index in [9.17, 15) is 4.79 Å². The molecule has 0 aliphatic carbocycles. The van der Waals surface area contributed by atoms with Crippen molar-refractivity contribution in [2.24, 2.45) is 0 Å². The molecule has 0 saturated heterocycles. The maximum Gasteiger partial charge on any atom is 0.255 e. The second-order valence-corrected chi connectivity index (χ2v) is 6.64. The minimum atomic E-state index is -0.0594. The van der Waals surface area contributed by atoms with Crippen LogP contribution in [0.1, 0.15) is 15.9 Å². The van der Waals surface area contributed by atoms with Gasteiger partial charge in [-0.15, -0.1) is 0 Å². The van der Waals surface area contributed by atoms with Crippen LogP contribution in [-0.4, -0.2) is 22.7 Å². The van der Waals surface area contributed by atoms with Crippen molar-refractivity contribution in [3.63, 3.8) is 0 Å².